The molecule has 1 saturated carbocycles. The van der Waals surface area contributed by atoms with Crippen LogP contribution in [-0.4, -0.2) is 49.7 Å². The highest BCUT2D eigenvalue weighted by Gasteiger charge is 2.43. The quantitative estimate of drug-likeness (QED) is 0.877. The number of carboxylic acid groups (broad SMARTS) is 1. The summed E-state index contributed by atoms with van der Waals surface area (Å²) < 4.78 is 1.91. The number of amides is 1. The molecule has 2 aromatic heterocycles. The van der Waals surface area contributed by atoms with Crippen molar-refractivity contribution in [2.45, 2.75) is 65.3 Å². The second-order valence-electron chi connectivity index (χ2n) is 9.58. The van der Waals surface area contributed by atoms with Crippen molar-refractivity contribution in [1.29, 1.82) is 0 Å². The van der Waals surface area contributed by atoms with Crippen molar-refractivity contribution in [1.82, 2.24) is 19.7 Å². The van der Waals surface area contributed by atoms with E-state index < -0.39 is 11.4 Å². The van der Waals surface area contributed by atoms with Gasteiger partial charge in [0, 0.05) is 24.7 Å². The van der Waals surface area contributed by atoms with E-state index in [4.69, 9.17) is 10.1 Å². The molecule has 2 aromatic rings. The maximum absolute atomic E-state index is 13.4. The topological polar surface area (TPSA) is 88.3 Å². The van der Waals surface area contributed by atoms with E-state index in [9.17, 15) is 14.7 Å². The van der Waals surface area contributed by atoms with Gasteiger partial charge in [-0.25, -0.2) is 9.67 Å². The molecular weight excluding hydrogens is 356 g/mol. The molecule has 150 valence electrons. The van der Waals surface area contributed by atoms with Gasteiger partial charge in [-0.05, 0) is 59.9 Å². The van der Waals surface area contributed by atoms with Crippen LogP contribution in [0.4, 0.5) is 0 Å². The van der Waals surface area contributed by atoms with E-state index in [1.807, 2.05) is 17.7 Å². The summed E-state index contributed by atoms with van der Waals surface area (Å²) in [4.78, 5) is 31.6. The Hall–Kier alpha value is -2.44. The SMILES string of the molecule is Cc1nn(C(C)(C)C)c2nc(C3CC3)cc(C(=O)N3CCC(C)(C(=O)O)C3)c12. The molecule has 7 nitrogen and oxygen atoms in total. The van der Waals surface area contributed by atoms with Crippen molar-refractivity contribution in [3.05, 3.63) is 23.0 Å². The highest BCUT2D eigenvalue weighted by atomic mass is 16.4. The van der Waals surface area contributed by atoms with Crippen molar-refractivity contribution in [2.24, 2.45) is 5.41 Å². The molecule has 2 fully saturated rings. The van der Waals surface area contributed by atoms with Crippen molar-refractivity contribution in [2.75, 3.05) is 13.1 Å². The number of likely N-dealkylation sites (tertiary alicyclic amines) is 1. The number of aryl methyl sites for hydroxylation is 1. The number of hydrogen-bond acceptors (Lipinski definition) is 4. The lowest BCUT2D eigenvalue weighted by molar-refractivity contribution is -0.147. The zero-order chi connectivity index (χ0) is 20.4. The van der Waals surface area contributed by atoms with Gasteiger partial charge in [-0.2, -0.15) is 5.10 Å². The number of carbonyl (C=O) groups is 2. The fourth-order valence-corrected chi connectivity index (χ4v) is 4.01. The summed E-state index contributed by atoms with van der Waals surface area (Å²) in [5.41, 5.74) is 1.95. The third-order valence-corrected chi connectivity index (χ3v) is 5.97. The zero-order valence-electron chi connectivity index (χ0n) is 17.2. The highest BCUT2D eigenvalue weighted by molar-refractivity contribution is 6.07. The van der Waals surface area contributed by atoms with E-state index in [-0.39, 0.29) is 18.0 Å². The Morgan fingerprint density at radius 2 is 1.96 bits per heavy atom. The second kappa shape index (κ2) is 6.03. The average molecular weight is 384 g/mol. The summed E-state index contributed by atoms with van der Waals surface area (Å²) in [6, 6.07) is 1.92. The fraction of sp³-hybridized carbons (Fsp3) is 0.619. The number of nitrogens with zero attached hydrogens (tertiary/aromatic N) is 4. The standard InChI is InChI=1S/C21H28N4O3/c1-12-16-14(18(26)24-9-8-21(5,11-24)19(27)28)10-15(13-6-7-13)22-17(16)25(23-12)20(2,3)4/h10,13H,6-9,11H2,1-5H3,(H,27,28). The first kappa shape index (κ1) is 18.9. The van der Waals surface area contributed by atoms with Gasteiger partial charge in [-0.1, -0.05) is 0 Å². The van der Waals surface area contributed by atoms with Crippen LogP contribution >= 0.6 is 0 Å². The lowest BCUT2D eigenvalue weighted by Gasteiger charge is -2.22. The van der Waals surface area contributed by atoms with E-state index in [0.717, 1.165) is 35.3 Å². The van der Waals surface area contributed by atoms with Gasteiger partial charge < -0.3 is 10.0 Å². The van der Waals surface area contributed by atoms with Gasteiger partial charge in [0.15, 0.2) is 5.65 Å². The molecule has 1 atom stereocenters. The van der Waals surface area contributed by atoms with Crippen molar-refractivity contribution >= 4 is 22.9 Å². The minimum Gasteiger partial charge on any atom is -0.481 e. The smallest absolute Gasteiger partial charge is 0.311 e. The normalized spacial score (nSPS) is 22.8. The lowest BCUT2D eigenvalue weighted by Crippen LogP contribution is -2.35. The van der Waals surface area contributed by atoms with E-state index in [2.05, 4.69) is 20.8 Å². The number of carboxylic acids is 1. The summed E-state index contributed by atoms with van der Waals surface area (Å²) in [5.74, 6) is -0.559. The van der Waals surface area contributed by atoms with Gasteiger partial charge in [0.2, 0.25) is 0 Å². The van der Waals surface area contributed by atoms with Crippen LogP contribution in [0.15, 0.2) is 6.07 Å². The van der Waals surface area contributed by atoms with Crippen LogP contribution in [0.25, 0.3) is 11.0 Å². The van der Waals surface area contributed by atoms with E-state index >= 15 is 0 Å². The monoisotopic (exact) mass is 384 g/mol. The number of fused-ring (bicyclic) bond motifs is 1. The van der Waals surface area contributed by atoms with Crippen molar-refractivity contribution in [3.63, 3.8) is 0 Å². The molecule has 7 heteroatoms. The Bertz CT molecular complexity index is 984. The fourth-order valence-electron chi connectivity index (χ4n) is 4.01. The predicted molar refractivity (Wildman–Crippen MR) is 105 cm³/mol. The minimum atomic E-state index is -0.883. The number of aliphatic carboxylic acids is 1. The molecule has 4 rings (SSSR count). The lowest BCUT2D eigenvalue weighted by atomic mass is 9.90. The molecule has 1 N–H and O–H groups in total. The van der Waals surface area contributed by atoms with Crippen LogP contribution < -0.4 is 0 Å². The molecule has 0 aromatic carbocycles. The molecule has 2 aliphatic rings. The number of carbonyl (C=O) groups excluding carboxylic acids is 1. The molecule has 1 aliphatic heterocycles. The summed E-state index contributed by atoms with van der Waals surface area (Å²) in [7, 11) is 0. The van der Waals surface area contributed by atoms with Crippen LogP contribution in [0.2, 0.25) is 0 Å². The van der Waals surface area contributed by atoms with Crippen LogP contribution in [-0.2, 0) is 10.3 Å². The van der Waals surface area contributed by atoms with Gasteiger partial charge in [-0.3, -0.25) is 9.59 Å². The Morgan fingerprint density at radius 3 is 2.50 bits per heavy atom. The number of pyridine rings is 1. The number of aromatic nitrogens is 3. The maximum Gasteiger partial charge on any atom is 0.311 e. The van der Waals surface area contributed by atoms with E-state index in [1.165, 1.54) is 0 Å². The number of rotatable bonds is 3. The van der Waals surface area contributed by atoms with Crippen molar-refractivity contribution < 1.29 is 14.7 Å². The van der Waals surface area contributed by atoms with Crippen LogP contribution in [0, 0.1) is 12.3 Å². The van der Waals surface area contributed by atoms with Gasteiger partial charge >= 0.3 is 5.97 Å². The van der Waals surface area contributed by atoms with Crippen molar-refractivity contribution in [3.8, 4) is 0 Å². The molecule has 0 spiro atoms. The molecular formula is C21H28N4O3. The first-order valence-corrected chi connectivity index (χ1v) is 9.95. The molecule has 0 radical (unpaired) electrons. The van der Waals surface area contributed by atoms with Gasteiger partial charge in [0.1, 0.15) is 0 Å². The third-order valence-electron chi connectivity index (χ3n) is 5.97. The summed E-state index contributed by atoms with van der Waals surface area (Å²) in [5, 5.41) is 15.0. The Balaban J connectivity index is 1.83. The van der Waals surface area contributed by atoms with Gasteiger partial charge in [-0.15, -0.1) is 0 Å². The molecule has 1 amide bonds. The Kier molecular flexibility index (Phi) is 4.07. The molecule has 1 unspecified atom stereocenters. The molecule has 0 bridgehead atoms. The van der Waals surface area contributed by atoms with Crippen LogP contribution in [0.5, 0.6) is 0 Å². The van der Waals surface area contributed by atoms with Crippen LogP contribution in [0.1, 0.15) is 74.6 Å². The van der Waals surface area contributed by atoms with E-state index in [0.29, 0.717) is 24.4 Å². The minimum absolute atomic E-state index is 0.115. The molecule has 1 aliphatic carbocycles. The third kappa shape index (κ3) is 2.97. The second-order valence-corrected chi connectivity index (χ2v) is 9.58. The summed E-state index contributed by atoms with van der Waals surface area (Å²) in [6.45, 7) is 10.5. The van der Waals surface area contributed by atoms with Gasteiger partial charge in [0.25, 0.3) is 5.91 Å². The molecule has 1 saturated heterocycles. The maximum atomic E-state index is 13.4. The number of hydrogen-bond donors (Lipinski definition) is 1. The average Bonchev–Trinajstić information content (AvgIpc) is 3.30. The first-order chi connectivity index (χ1) is 13.0. The largest absolute Gasteiger partial charge is 0.481 e. The molecule has 28 heavy (non-hydrogen) atoms. The van der Waals surface area contributed by atoms with E-state index in [1.54, 1.807) is 11.8 Å². The zero-order valence-corrected chi connectivity index (χ0v) is 17.2. The Morgan fingerprint density at radius 1 is 1.29 bits per heavy atom. The highest BCUT2D eigenvalue weighted by Crippen LogP contribution is 2.41. The van der Waals surface area contributed by atoms with Crippen LogP contribution in [0.3, 0.4) is 0 Å². The molecule has 3 heterocycles. The predicted octanol–water partition coefficient (Wildman–Crippen LogP) is 3.31. The summed E-state index contributed by atoms with van der Waals surface area (Å²) in [6.07, 6.45) is 2.66. The first-order valence-electron chi connectivity index (χ1n) is 9.95. The van der Waals surface area contributed by atoms with Gasteiger partial charge in [0.05, 0.1) is 27.6 Å². The summed E-state index contributed by atoms with van der Waals surface area (Å²) >= 11 is 0. The Labute approximate surface area is 164 Å².